The maximum atomic E-state index is 12.0. The molecule has 0 fully saturated rings. The lowest BCUT2D eigenvalue weighted by molar-refractivity contribution is -0.150. The monoisotopic (exact) mass is 294 g/mol. The Morgan fingerprint density at radius 2 is 1.90 bits per heavy atom. The fraction of sp³-hybridized carbons (Fsp3) is 0.500. The van der Waals surface area contributed by atoms with Gasteiger partial charge >= 0.3 is 12.1 Å². The summed E-state index contributed by atoms with van der Waals surface area (Å²) in [4.78, 5) is 25.0. The summed E-state index contributed by atoms with van der Waals surface area (Å²) in [5, 5.41) is 0. The first kappa shape index (κ1) is 15.4. The number of likely N-dealkylation sites (N-methyl/N-ethyl adjacent to an activating group) is 1. The van der Waals surface area contributed by atoms with Gasteiger partial charge in [0.05, 0.1) is 0 Å². The lowest BCUT2D eigenvalue weighted by atomic mass is 10.2. The molecule has 0 unspecified atom stereocenters. The third-order valence-electron chi connectivity index (χ3n) is 2.66. The van der Waals surface area contributed by atoms with Gasteiger partial charge in [-0.1, -0.05) is 30.3 Å². The molecule has 1 rings (SSSR count). The van der Waals surface area contributed by atoms with Gasteiger partial charge in [0.1, 0.15) is 18.2 Å². The summed E-state index contributed by atoms with van der Waals surface area (Å²) in [6.45, 7) is 6.83. The van der Waals surface area contributed by atoms with Crippen LogP contribution in [-0.2, 0) is 20.9 Å². The highest BCUT2D eigenvalue weighted by Gasteiger charge is 2.27. The van der Waals surface area contributed by atoms with E-state index in [1.807, 2.05) is 30.3 Å². The zero-order valence-corrected chi connectivity index (χ0v) is 13.0. The standard InChI is InChI=1S/C16H23NO4/c1-12(17(5)15(19)21-16(2,3)4)14(18)20-11-13-9-7-6-8-10-13/h6-10,12H,11H2,1-5H3/t12-/m0/s1/i5D. The average Bonchev–Trinajstić information content (AvgIpc) is 2.44. The van der Waals surface area contributed by atoms with Gasteiger partial charge < -0.3 is 9.47 Å². The van der Waals surface area contributed by atoms with Gasteiger partial charge in [0.15, 0.2) is 0 Å². The Morgan fingerprint density at radius 1 is 1.29 bits per heavy atom. The molecule has 0 aromatic heterocycles. The highest BCUT2D eigenvalue weighted by atomic mass is 16.6. The first-order valence-electron chi connectivity index (χ1n) is 7.44. The van der Waals surface area contributed by atoms with Crippen molar-refractivity contribution in [2.24, 2.45) is 0 Å². The van der Waals surface area contributed by atoms with Crippen LogP contribution in [0.5, 0.6) is 0 Å². The Balaban J connectivity index is 2.60. The summed E-state index contributed by atoms with van der Waals surface area (Å²) in [5.74, 6) is -0.568. The molecule has 0 saturated heterocycles. The van der Waals surface area contributed by atoms with Crippen LogP contribution in [0.15, 0.2) is 30.3 Å². The van der Waals surface area contributed by atoms with Crippen LogP contribution in [0.3, 0.4) is 0 Å². The normalized spacial score (nSPS) is 13.0. The van der Waals surface area contributed by atoms with Crippen molar-refractivity contribution in [3.8, 4) is 0 Å². The largest absolute Gasteiger partial charge is 0.459 e. The molecule has 0 bridgehead atoms. The van der Waals surface area contributed by atoms with Gasteiger partial charge in [-0.15, -0.1) is 0 Å². The molecule has 0 aliphatic carbocycles. The Hall–Kier alpha value is -2.04. The molecule has 1 aromatic carbocycles. The van der Waals surface area contributed by atoms with Gasteiger partial charge in [0, 0.05) is 8.39 Å². The lowest BCUT2D eigenvalue weighted by Crippen LogP contribution is -2.43. The van der Waals surface area contributed by atoms with E-state index in [4.69, 9.17) is 10.8 Å². The fourth-order valence-corrected chi connectivity index (χ4v) is 1.46. The van der Waals surface area contributed by atoms with Crippen molar-refractivity contribution >= 4 is 12.1 Å². The Bertz CT molecular complexity index is 499. The van der Waals surface area contributed by atoms with Gasteiger partial charge in [0.2, 0.25) is 0 Å². The molecule has 0 aliphatic heterocycles. The minimum Gasteiger partial charge on any atom is -0.459 e. The molecule has 0 aliphatic rings. The van der Waals surface area contributed by atoms with E-state index in [-0.39, 0.29) is 13.6 Å². The van der Waals surface area contributed by atoms with Crippen molar-refractivity contribution in [1.29, 1.82) is 0 Å². The summed E-state index contributed by atoms with van der Waals surface area (Å²) >= 11 is 0. The predicted molar refractivity (Wildman–Crippen MR) is 79.7 cm³/mol. The zero-order chi connectivity index (χ0) is 16.8. The van der Waals surface area contributed by atoms with E-state index < -0.39 is 23.7 Å². The molecule has 5 nitrogen and oxygen atoms in total. The predicted octanol–water partition coefficient (Wildman–Crippen LogP) is 2.99. The number of nitrogens with zero attached hydrogens (tertiary/aromatic N) is 1. The molecular weight excluding hydrogens is 270 g/mol. The molecule has 1 amide bonds. The smallest absolute Gasteiger partial charge is 0.410 e. The van der Waals surface area contributed by atoms with Crippen molar-refractivity contribution in [2.45, 2.75) is 45.9 Å². The quantitative estimate of drug-likeness (QED) is 0.801. The number of hydrogen-bond acceptors (Lipinski definition) is 4. The fourth-order valence-electron chi connectivity index (χ4n) is 1.46. The Morgan fingerprint density at radius 3 is 2.43 bits per heavy atom. The Kier molecular flexibility index (Phi) is 5.20. The van der Waals surface area contributed by atoms with E-state index in [0.29, 0.717) is 0 Å². The van der Waals surface area contributed by atoms with Gasteiger partial charge in [-0.25, -0.2) is 9.59 Å². The van der Waals surface area contributed by atoms with E-state index in [1.54, 1.807) is 20.8 Å². The van der Waals surface area contributed by atoms with Crippen LogP contribution in [0, 0.1) is 0 Å². The van der Waals surface area contributed by atoms with E-state index in [1.165, 1.54) is 6.92 Å². The van der Waals surface area contributed by atoms with Crippen LogP contribution in [0.25, 0.3) is 0 Å². The van der Waals surface area contributed by atoms with E-state index in [9.17, 15) is 9.59 Å². The van der Waals surface area contributed by atoms with Gasteiger partial charge in [-0.05, 0) is 33.3 Å². The summed E-state index contributed by atoms with van der Waals surface area (Å²) in [6, 6.07) is 8.38. The van der Waals surface area contributed by atoms with E-state index in [0.717, 1.165) is 10.5 Å². The van der Waals surface area contributed by atoms with Crippen molar-refractivity contribution in [3.05, 3.63) is 35.9 Å². The number of amides is 1. The second kappa shape index (κ2) is 7.11. The second-order valence-electron chi connectivity index (χ2n) is 5.72. The molecule has 1 aromatic rings. The highest BCUT2D eigenvalue weighted by molar-refractivity contribution is 5.81. The summed E-state index contributed by atoms with van der Waals surface area (Å²) in [7, 11) is -0.378. The van der Waals surface area contributed by atoms with Crippen LogP contribution in [0.1, 0.15) is 34.6 Å². The molecule has 1 atom stereocenters. The second-order valence-corrected chi connectivity index (χ2v) is 5.72. The number of hydrogen-bond donors (Lipinski definition) is 0. The maximum absolute atomic E-state index is 12.0. The van der Waals surface area contributed by atoms with Crippen molar-refractivity contribution in [2.75, 3.05) is 7.02 Å². The summed E-state index contributed by atoms with van der Waals surface area (Å²) in [5.41, 5.74) is 0.177. The van der Waals surface area contributed by atoms with Crippen molar-refractivity contribution in [3.63, 3.8) is 0 Å². The highest BCUT2D eigenvalue weighted by Crippen LogP contribution is 2.11. The van der Waals surface area contributed by atoms with Crippen molar-refractivity contribution < 1.29 is 20.4 Å². The van der Waals surface area contributed by atoms with Gasteiger partial charge in [-0.3, -0.25) is 4.90 Å². The Labute approximate surface area is 127 Å². The molecule has 21 heavy (non-hydrogen) atoms. The SMILES string of the molecule is [2H]CN(C(=O)OC(C)(C)C)[C@@H](C)C(=O)OCc1ccccc1. The number of rotatable bonds is 4. The van der Waals surface area contributed by atoms with E-state index in [2.05, 4.69) is 0 Å². The van der Waals surface area contributed by atoms with Crippen LogP contribution in [0.4, 0.5) is 4.79 Å². The zero-order valence-electron chi connectivity index (χ0n) is 14.0. The average molecular weight is 294 g/mol. The number of esters is 1. The number of benzene rings is 1. The molecule has 0 radical (unpaired) electrons. The van der Waals surface area contributed by atoms with Crippen LogP contribution in [0.2, 0.25) is 0 Å². The topological polar surface area (TPSA) is 55.8 Å². The first-order valence-corrected chi connectivity index (χ1v) is 6.74. The summed E-state index contributed by atoms with van der Waals surface area (Å²) in [6.07, 6.45) is -0.702. The van der Waals surface area contributed by atoms with Gasteiger partial charge in [-0.2, -0.15) is 0 Å². The summed E-state index contributed by atoms with van der Waals surface area (Å²) < 4.78 is 17.8. The lowest BCUT2D eigenvalue weighted by Gasteiger charge is -2.27. The first-order chi connectivity index (χ1) is 10.2. The molecule has 0 spiro atoms. The van der Waals surface area contributed by atoms with Gasteiger partial charge in [0.25, 0.3) is 0 Å². The minimum atomic E-state index is -0.879. The molecule has 0 heterocycles. The van der Waals surface area contributed by atoms with Crippen molar-refractivity contribution in [1.82, 2.24) is 4.90 Å². The molecule has 116 valence electrons. The maximum Gasteiger partial charge on any atom is 0.410 e. The third kappa shape index (κ3) is 5.85. The third-order valence-corrected chi connectivity index (χ3v) is 2.66. The van der Waals surface area contributed by atoms with Crippen LogP contribution >= 0.6 is 0 Å². The number of carbonyl (C=O) groups is 2. The number of ether oxygens (including phenoxy) is 2. The molecular formula is C16H23NO4. The van der Waals surface area contributed by atoms with Crippen LogP contribution < -0.4 is 0 Å². The molecule has 0 saturated carbocycles. The molecule has 0 N–H and O–H groups in total. The molecule has 5 heteroatoms. The van der Waals surface area contributed by atoms with Crippen LogP contribution in [-0.4, -0.2) is 35.6 Å². The minimum absolute atomic E-state index is 0.129. The number of carbonyl (C=O) groups excluding carboxylic acids is 2. The van der Waals surface area contributed by atoms with E-state index >= 15 is 0 Å².